The summed E-state index contributed by atoms with van der Waals surface area (Å²) in [7, 11) is 1.80. The Labute approximate surface area is 129 Å². The smallest absolute Gasteiger partial charge is 0.253 e. The van der Waals surface area contributed by atoms with Gasteiger partial charge in [-0.2, -0.15) is 0 Å². The lowest BCUT2D eigenvalue weighted by molar-refractivity contribution is 0.0104. The number of amides is 1. The highest BCUT2D eigenvalue weighted by Crippen LogP contribution is 2.21. The van der Waals surface area contributed by atoms with Crippen molar-refractivity contribution in [2.75, 3.05) is 33.3 Å². The number of carbonyl (C=O) groups excluding carboxylic acids is 1. The molecule has 0 aromatic heterocycles. The molecule has 1 aromatic carbocycles. The van der Waals surface area contributed by atoms with E-state index in [1.807, 2.05) is 18.2 Å². The Morgan fingerprint density at radius 2 is 2.11 bits per heavy atom. The average molecular weight is 392 g/mol. The Balaban J connectivity index is 2.01. The van der Waals surface area contributed by atoms with E-state index in [9.17, 15) is 4.79 Å². The van der Waals surface area contributed by atoms with Crippen molar-refractivity contribution in [1.82, 2.24) is 10.2 Å². The van der Waals surface area contributed by atoms with Crippen LogP contribution >= 0.6 is 31.9 Å². The Kier molecular flexibility index (Phi) is 5.38. The summed E-state index contributed by atoms with van der Waals surface area (Å²) in [4.78, 5) is 14.0. The van der Waals surface area contributed by atoms with E-state index in [1.165, 1.54) is 0 Å². The van der Waals surface area contributed by atoms with Crippen molar-refractivity contribution in [1.29, 1.82) is 0 Å². The van der Waals surface area contributed by atoms with Crippen LogP contribution in [0.3, 0.4) is 0 Å². The second-order valence-electron chi connectivity index (χ2n) is 4.54. The maximum atomic E-state index is 12.3. The molecule has 1 saturated heterocycles. The van der Waals surface area contributed by atoms with Crippen molar-refractivity contribution in [2.45, 2.75) is 6.10 Å². The van der Waals surface area contributed by atoms with Gasteiger partial charge in [0, 0.05) is 41.2 Å². The van der Waals surface area contributed by atoms with Gasteiger partial charge in [-0.15, -0.1) is 0 Å². The van der Waals surface area contributed by atoms with Gasteiger partial charge in [0.05, 0.1) is 12.7 Å². The maximum Gasteiger partial charge on any atom is 0.253 e. The number of ether oxygens (including phenoxy) is 1. The predicted octanol–water partition coefficient (Wildman–Crippen LogP) is 2.27. The van der Waals surface area contributed by atoms with Gasteiger partial charge in [0.2, 0.25) is 0 Å². The highest BCUT2D eigenvalue weighted by Gasteiger charge is 2.19. The maximum absolute atomic E-state index is 12.3. The highest BCUT2D eigenvalue weighted by molar-refractivity contribution is 9.11. The molecule has 1 unspecified atom stereocenters. The molecule has 1 fully saturated rings. The molecule has 1 aliphatic heterocycles. The Bertz CT molecular complexity index is 442. The van der Waals surface area contributed by atoms with Gasteiger partial charge in [0.25, 0.3) is 5.91 Å². The van der Waals surface area contributed by atoms with Crippen molar-refractivity contribution in [3.8, 4) is 0 Å². The molecular weight excluding hydrogens is 376 g/mol. The fraction of sp³-hybridized carbons (Fsp3) is 0.462. The van der Waals surface area contributed by atoms with Gasteiger partial charge < -0.3 is 15.0 Å². The van der Waals surface area contributed by atoms with Crippen molar-refractivity contribution in [3.63, 3.8) is 0 Å². The zero-order chi connectivity index (χ0) is 13.8. The molecule has 0 bridgehead atoms. The lowest BCUT2D eigenvalue weighted by Crippen LogP contribution is -2.45. The van der Waals surface area contributed by atoms with Crippen LogP contribution in [0.4, 0.5) is 0 Å². The minimum Gasteiger partial charge on any atom is -0.374 e. The van der Waals surface area contributed by atoms with Gasteiger partial charge in [0.1, 0.15) is 0 Å². The summed E-state index contributed by atoms with van der Waals surface area (Å²) in [5.41, 5.74) is 0.660. The molecule has 1 N–H and O–H groups in total. The number of halogens is 2. The minimum atomic E-state index is -0.00354. The van der Waals surface area contributed by atoms with Gasteiger partial charge in [-0.05, 0) is 18.2 Å². The Hall–Kier alpha value is -0.430. The average Bonchev–Trinajstić information content (AvgIpc) is 2.37. The Morgan fingerprint density at radius 3 is 2.68 bits per heavy atom. The number of morpholine rings is 1. The summed E-state index contributed by atoms with van der Waals surface area (Å²) in [5.74, 6) is -0.00354. The first kappa shape index (κ1) is 15.0. The largest absolute Gasteiger partial charge is 0.374 e. The number of hydrogen-bond donors (Lipinski definition) is 1. The van der Waals surface area contributed by atoms with E-state index in [2.05, 4.69) is 37.2 Å². The number of nitrogens with one attached hydrogen (secondary N) is 1. The van der Waals surface area contributed by atoms with Crippen molar-refractivity contribution in [2.24, 2.45) is 0 Å². The number of likely N-dealkylation sites (N-methyl/N-ethyl adjacent to an activating group) is 1. The highest BCUT2D eigenvalue weighted by atomic mass is 79.9. The summed E-state index contributed by atoms with van der Waals surface area (Å²) >= 11 is 6.79. The van der Waals surface area contributed by atoms with Crippen LogP contribution in [-0.2, 0) is 4.74 Å². The Morgan fingerprint density at radius 1 is 1.42 bits per heavy atom. The first-order chi connectivity index (χ1) is 9.06. The van der Waals surface area contributed by atoms with Gasteiger partial charge in [-0.1, -0.05) is 31.9 Å². The van der Waals surface area contributed by atoms with E-state index in [0.717, 1.165) is 22.0 Å². The predicted molar refractivity (Wildman–Crippen MR) is 81.4 cm³/mol. The van der Waals surface area contributed by atoms with Gasteiger partial charge in [0.15, 0.2) is 0 Å². The zero-order valence-electron chi connectivity index (χ0n) is 10.7. The molecule has 2 rings (SSSR count). The number of nitrogens with zero attached hydrogens (tertiary/aromatic N) is 1. The molecule has 4 nitrogen and oxygen atoms in total. The SMILES string of the molecule is CN(CC1CNCCO1)C(=O)c1cc(Br)cc(Br)c1. The van der Waals surface area contributed by atoms with Crippen LogP contribution in [0.2, 0.25) is 0 Å². The van der Waals surface area contributed by atoms with Crippen LogP contribution in [0.5, 0.6) is 0 Å². The van der Waals surface area contributed by atoms with Crippen LogP contribution in [0, 0.1) is 0 Å². The fourth-order valence-electron chi connectivity index (χ4n) is 2.02. The van der Waals surface area contributed by atoms with Crippen LogP contribution in [0.1, 0.15) is 10.4 Å². The molecule has 0 radical (unpaired) electrons. The van der Waals surface area contributed by atoms with E-state index in [-0.39, 0.29) is 12.0 Å². The summed E-state index contributed by atoms with van der Waals surface area (Å²) in [6, 6.07) is 5.55. The summed E-state index contributed by atoms with van der Waals surface area (Å²) in [6.07, 6.45) is 0.0679. The van der Waals surface area contributed by atoms with Crippen molar-refractivity contribution < 1.29 is 9.53 Å². The molecule has 1 aliphatic rings. The molecule has 1 aromatic rings. The molecule has 0 spiro atoms. The van der Waals surface area contributed by atoms with Crippen LogP contribution in [-0.4, -0.2) is 50.2 Å². The minimum absolute atomic E-state index is 0.00354. The van der Waals surface area contributed by atoms with E-state index in [1.54, 1.807) is 11.9 Å². The first-order valence-electron chi connectivity index (χ1n) is 6.10. The van der Waals surface area contributed by atoms with Gasteiger partial charge >= 0.3 is 0 Å². The fourth-order valence-corrected chi connectivity index (χ4v) is 3.32. The van der Waals surface area contributed by atoms with Gasteiger partial charge in [-0.25, -0.2) is 0 Å². The summed E-state index contributed by atoms with van der Waals surface area (Å²) in [6.45, 7) is 2.97. The zero-order valence-corrected chi connectivity index (χ0v) is 13.8. The molecular formula is C13H16Br2N2O2. The lowest BCUT2D eigenvalue weighted by Gasteiger charge is -2.28. The van der Waals surface area contributed by atoms with E-state index >= 15 is 0 Å². The van der Waals surface area contributed by atoms with Crippen LogP contribution < -0.4 is 5.32 Å². The van der Waals surface area contributed by atoms with Crippen LogP contribution in [0.25, 0.3) is 0 Å². The molecule has 19 heavy (non-hydrogen) atoms. The monoisotopic (exact) mass is 390 g/mol. The van der Waals surface area contributed by atoms with Crippen LogP contribution in [0.15, 0.2) is 27.1 Å². The second kappa shape index (κ2) is 6.83. The van der Waals surface area contributed by atoms with E-state index < -0.39 is 0 Å². The number of hydrogen-bond acceptors (Lipinski definition) is 3. The molecule has 1 amide bonds. The second-order valence-corrected chi connectivity index (χ2v) is 6.37. The summed E-state index contributed by atoms with van der Waals surface area (Å²) < 4.78 is 7.37. The van der Waals surface area contributed by atoms with E-state index in [0.29, 0.717) is 18.7 Å². The normalized spacial score (nSPS) is 19.2. The molecule has 0 saturated carbocycles. The third-order valence-corrected chi connectivity index (χ3v) is 3.85. The lowest BCUT2D eigenvalue weighted by atomic mass is 10.2. The summed E-state index contributed by atoms with van der Waals surface area (Å²) in [5, 5.41) is 3.26. The topological polar surface area (TPSA) is 41.6 Å². The number of carbonyl (C=O) groups is 1. The molecule has 104 valence electrons. The number of benzene rings is 1. The van der Waals surface area contributed by atoms with Crippen molar-refractivity contribution >= 4 is 37.8 Å². The molecule has 1 atom stereocenters. The molecule has 6 heteroatoms. The molecule has 1 heterocycles. The number of rotatable bonds is 3. The molecule has 0 aliphatic carbocycles. The standard InChI is InChI=1S/C13H16Br2N2O2/c1-17(8-12-7-16-2-3-19-12)13(18)9-4-10(14)6-11(15)5-9/h4-6,12,16H,2-3,7-8H2,1H3. The van der Waals surface area contributed by atoms with E-state index in [4.69, 9.17) is 4.74 Å². The third kappa shape index (κ3) is 4.27. The van der Waals surface area contributed by atoms with Crippen molar-refractivity contribution in [3.05, 3.63) is 32.7 Å². The third-order valence-electron chi connectivity index (χ3n) is 2.94. The quantitative estimate of drug-likeness (QED) is 0.859. The van der Waals surface area contributed by atoms with Gasteiger partial charge in [-0.3, -0.25) is 4.79 Å². The first-order valence-corrected chi connectivity index (χ1v) is 7.69.